The van der Waals surface area contributed by atoms with Crippen LogP contribution in [0.25, 0.3) is 21.8 Å². The molecule has 1 aromatic heterocycles. The Hall–Kier alpha value is -5.12. The molecule has 5 rings (SSSR count). The first-order valence-corrected chi connectivity index (χ1v) is 18.2. The summed E-state index contributed by atoms with van der Waals surface area (Å²) in [6.07, 6.45) is 3.85. The fraction of sp³-hybridized carbons (Fsp3) is 0.500. The molecule has 15 heteroatoms. The van der Waals surface area contributed by atoms with E-state index in [9.17, 15) is 34.8 Å². The summed E-state index contributed by atoms with van der Waals surface area (Å²) in [5, 5.41) is 48.9. The van der Waals surface area contributed by atoms with Crippen LogP contribution in [-0.2, 0) is 23.8 Å². The minimum atomic E-state index is -1.95. The number of anilines is 2. The number of carbonyl (C=O) groups is 3. The van der Waals surface area contributed by atoms with E-state index in [1.165, 1.54) is 46.3 Å². The zero-order chi connectivity index (χ0) is 40.8. The number of aliphatic hydroxyl groups is 2. The number of aromatic nitrogens is 2. The van der Waals surface area contributed by atoms with Crippen molar-refractivity contribution in [3.8, 4) is 17.2 Å². The van der Waals surface area contributed by atoms with Gasteiger partial charge >= 0.3 is 11.8 Å². The highest BCUT2D eigenvalue weighted by atomic mass is 16.7. The number of methoxy groups -OCH3 is 1. The number of fused-ring (bicyclic) bond motifs is 1. The standard InChI is InChI=1S/C40H52N4O11/c1-17-13-12-14-18(2)38(51)41-30-29-28(42-39(43-29)44(9)10)25-26(34(30)49)33(48)22(6)36-27(25)37(50)40(8,55-36)53-16-15-24(52-11)19(3)35(54-23(7)45)21(5)32(47)20(4)31(17)46/h12-17,19-21,24,31-32,35,46-49H,1-11H3,(H,41,51)(H,42,43)/b13-12+,16-15+,18-14-/t17-,19-,20-,21-,24+,31+,32+,35+,40+/m1/s1. The van der Waals surface area contributed by atoms with E-state index < -0.39 is 83.0 Å². The molecule has 0 saturated carbocycles. The molecule has 55 heavy (non-hydrogen) atoms. The number of rotatable bonds is 3. The number of hydrogen-bond acceptors (Lipinski definition) is 13. The first-order chi connectivity index (χ1) is 25.7. The number of aromatic amines is 1. The van der Waals surface area contributed by atoms with Crippen LogP contribution in [0.5, 0.6) is 17.2 Å². The van der Waals surface area contributed by atoms with Gasteiger partial charge in [0, 0.05) is 75.2 Å². The van der Waals surface area contributed by atoms with E-state index in [-0.39, 0.29) is 49.9 Å². The maximum atomic E-state index is 14.4. The number of imidazole rings is 1. The third-order valence-corrected chi connectivity index (χ3v) is 10.9. The van der Waals surface area contributed by atoms with E-state index in [1.807, 2.05) is 0 Å². The van der Waals surface area contributed by atoms with Crippen LogP contribution in [0.1, 0.15) is 64.4 Å². The Kier molecular flexibility index (Phi) is 11.6. The van der Waals surface area contributed by atoms with Crippen molar-refractivity contribution in [2.45, 2.75) is 85.6 Å². The van der Waals surface area contributed by atoms with Crippen LogP contribution < -0.4 is 15.0 Å². The Morgan fingerprint density at radius 2 is 1.65 bits per heavy atom. The molecule has 2 aromatic carbocycles. The predicted octanol–water partition coefficient (Wildman–Crippen LogP) is 4.99. The first-order valence-electron chi connectivity index (χ1n) is 18.2. The third kappa shape index (κ3) is 7.35. The van der Waals surface area contributed by atoms with Gasteiger partial charge in [-0.25, -0.2) is 4.98 Å². The smallest absolute Gasteiger partial charge is 0.312 e. The van der Waals surface area contributed by atoms with Crippen molar-refractivity contribution in [2.75, 3.05) is 31.4 Å². The van der Waals surface area contributed by atoms with Gasteiger partial charge in [0.15, 0.2) is 5.75 Å². The molecule has 15 nitrogen and oxygen atoms in total. The summed E-state index contributed by atoms with van der Waals surface area (Å²) in [5.41, 5.74) is 0.662. The van der Waals surface area contributed by atoms with E-state index in [0.29, 0.717) is 5.95 Å². The van der Waals surface area contributed by atoms with Gasteiger partial charge in [0.05, 0.1) is 41.0 Å². The van der Waals surface area contributed by atoms with Crippen molar-refractivity contribution in [2.24, 2.45) is 23.7 Å². The van der Waals surface area contributed by atoms with Crippen molar-refractivity contribution in [3.63, 3.8) is 0 Å². The van der Waals surface area contributed by atoms with Gasteiger partial charge < -0.3 is 54.6 Å². The van der Waals surface area contributed by atoms with Crippen LogP contribution in [0.2, 0.25) is 0 Å². The number of nitrogens with one attached hydrogen (secondary N) is 2. The monoisotopic (exact) mass is 764 g/mol. The number of aliphatic hydroxyl groups excluding tert-OH is 2. The van der Waals surface area contributed by atoms with E-state index in [2.05, 4.69) is 10.3 Å². The van der Waals surface area contributed by atoms with Crippen LogP contribution in [0.3, 0.4) is 0 Å². The predicted molar refractivity (Wildman–Crippen MR) is 206 cm³/mol. The van der Waals surface area contributed by atoms with Gasteiger partial charge in [0.25, 0.3) is 11.7 Å². The zero-order valence-corrected chi connectivity index (χ0v) is 33.0. The number of allylic oxidation sites excluding steroid dienone is 2. The average Bonchev–Trinajstić information content (AvgIpc) is 3.70. The molecular formula is C40H52N4O11. The quantitative estimate of drug-likeness (QED) is 0.153. The number of hydrogen-bond donors (Lipinski definition) is 6. The summed E-state index contributed by atoms with van der Waals surface area (Å²) < 4.78 is 23.7. The molecule has 0 fully saturated rings. The summed E-state index contributed by atoms with van der Waals surface area (Å²) in [4.78, 5) is 49.8. The van der Waals surface area contributed by atoms with Crippen LogP contribution in [0.15, 0.2) is 36.1 Å². The topological polar surface area (TPSA) is 213 Å². The molecule has 2 aliphatic heterocycles. The Morgan fingerprint density at radius 3 is 2.27 bits per heavy atom. The summed E-state index contributed by atoms with van der Waals surface area (Å²) in [5.74, 6) is -6.66. The van der Waals surface area contributed by atoms with Crippen molar-refractivity contribution < 1.29 is 53.8 Å². The van der Waals surface area contributed by atoms with Crippen molar-refractivity contribution in [1.82, 2.24) is 9.97 Å². The van der Waals surface area contributed by atoms with Crippen molar-refractivity contribution in [3.05, 3.63) is 47.3 Å². The second-order valence-corrected chi connectivity index (χ2v) is 15.0. The number of amides is 1. The minimum Gasteiger partial charge on any atom is -0.507 e. The number of nitrogens with zero attached hydrogens (tertiary/aromatic N) is 2. The molecule has 1 amide bonds. The van der Waals surface area contributed by atoms with Gasteiger partial charge in [0.2, 0.25) is 5.95 Å². The normalized spacial score (nSPS) is 31.4. The second-order valence-electron chi connectivity index (χ2n) is 15.0. The number of phenols is 2. The molecule has 3 aromatic rings. The number of phenolic OH excluding ortho intramolecular Hbond substituents is 2. The molecule has 3 heterocycles. The van der Waals surface area contributed by atoms with Gasteiger partial charge in [0.1, 0.15) is 28.8 Å². The van der Waals surface area contributed by atoms with Gasteiger partial charge in [-0.15, -0.1) is 0 Å². The molecule has 0 radical (unpaired) electrons. The number of esters is 1. The van der Waals surface area contributed by atoms with Crippen LogP contribution in [0.4, 0.5) is 11.6 Å². The Balaban J connectivity index is 1.73. The number of aromatic hydroxyl groups is 2. The molecule has 2 aliphatic rings. The molecule has 6 N–H and O–H groups in total. The molecule has 298 valence electrons. The Morgan fingerprint density at radius 1 is 0.982 bits per heavy atom. The number of H-pyrrole nitrogens is 1. The van der Waals surface area contributed by atoms with Crippen LogP contribution in [-0.4, -0.2) is 99.5 Å². The highest BCUT2D eigenvalue weighted by Gasteiger charge is 2.49. The number of benzene rings is 2. The van der Waals surface area contributed by atoms with Crippen molar-refractivity contribution in [1.29, 1.82) is 0 Å². The van der Waals surface area contributed by atoms with Crippen molar-refractivity contribution >= 4 is 51.1 Å². The lowest BCUT2D eigenvalue weighted by Gasteiger charge is -2.38. The molecule has 0 unspecified atom stereocenters. The third-order valence-electron chi connectivity index (χ3n) is 10.9. The maximum Gasteiger partial charge on any atom is 0.312 e. The van der Waals surface area contributed by atoms with Gasteiger partial charge in [-0.05, 0) is 19.9 Å². The number of ketones is 1. The first kappa shape index (κ1) is 41.1. The van der Waals surface area contributed by atoms with Gasteiger partial charge in [-0.3, -0.25) is 14.4 Å². The lowest BCUT2D eigenvalue weighted by molar-refractivity contribution is -0.160. The Labute approximate surface area is 319 Å². The average molecular weight is 765 g/mol. The number of ether oxygens (including phenoxy) is 4. The number of Topliss-reactive ketones (excluding diaryl/α,β-unsaturated/α-hetero) is 1. The molecule has 0 aliphatic carbocycles. The van der Waals surface area contributed by atoms with E-state index >= 15 is 0 Å². The van der Waals surface area contributed by atoms with Gasteiger partial charge in [-0.1, -0.05) is 45.9 Å². The fourth-order valence-corrected chi connectivity index (χ4v) is 7.41. The maximum absolute atomic E-state index is 14.4. The van der Waals surface area contributed by atoms with E-state index in [4.69, 9.17) is 23.9 Å². The fourth-order valence-electron chi connectivity index (χ4n) is 7.41. The highest BCUT2D eigenvalue weighted by Crippen LogP contribution is 2.54. The SMILES string of the molecule is CO[C@H]1/C=C/O[C@@]2(C)Oc3c(C)c(O)c4c(O)c(c5[nH]c(N(C)C)nc5c4c3C2=O)NC(=O)/C(C)=C\C=C\[C@@H](C)[C@H](O)[C@@H](C)[C@H](O)[C@@H](C)[C@@H](OC(C)=O)[C@@H]1C. The lowest BCUT2D eigenvalue weighted by atomic mass is 9.78. The summed E-state index contributed by atoms with van der Waals surface area (Å²) >= 11 is 0. The highest BCUT2D eigenvalue weighted by molar-refractivity contribution is 6.28. The molecular weight excluding hydrogens is 712 g/mol. The van der Waals surface area contributed by atoms with Crippen LogP contribution in [0, 0.1) is 30.6 Å². The second kappa shape index (κ2) is 15.6. The Bertz CT molecular complexity index is 2100. The summed E-state index contributed by atoms with van der Waals surface area (Å²) in [6.45, 7) is 12.7. The molecule has 0 saturated heterocycles. The molecule has 9 atom stereocenters. The summed E-state index contributed by atoms with van der Waals surface area (Å²) in [7, 11) is 4.92. The van der Waals surface area contributed by atoms with E-state index in [0.717, 1.165) is 0 Å². The molecule has 4 bridgehead atoms. The zero-order valence-electron chi connectivity index (χ0n) is 33.0. The minimum absolute atomic E-state index is 0.00618. The van der Waals surface area contributed by atoms with E-state index in [1.54, 1.807) is 65.8 Å². The summed E-state index contributed by atoms with van der Waals surface area (Å²) in [6, 6.07) is 0. The molecule has 0 spiro atoms. The van der Waals surface area contributed by atoms with Gasteiger partial charge in [-0.2, -0.15) is 0 Å². The lowest BCUT2D eigenvalue weighted by Crippen LogP contribution is -2.46. The largest absolute Gasteiger partial charge is 0.507 e. The van der Waals surface area contributed by atoms with Crippen LogP contribution >= 0.6 is 0 Å². The number of carbonyl (C=O) groups excluding carboxylic acids is 3.